The Labute approximate surface area is 130 Å². The lowest BCUT2D eigenvalue weighted by atomic mass is 10.0. The second kappa shape index (κ2) is 6.71. The van der Waals surface area contributed by atoms with E-state index < -0.39 is 6.10 Å². The van der Waals surface area contributed by atoms with Crippen LogP contribution < -0.4 is 0 Å². The Morgan fingerprint density at radius 2 is 1.79 bits per heavy atom. The first kappa shape index (κ1) is 14.8. The molecule has 0 bridgehead atoms. The van der Waals surface area contributed by atoms with Gasteiger partial charge in [-0.15, -0.1) is 0 Å². The molecule has 0 aliphatic carbocycles. The predicted molar refractivity (Wildman–Crippen MR) is 81.8 cm³/mol. The Bertz CT molecular complexity index is 577. The fraction of sp³-hybridized carbons (Fsp3) is 0.214. The summed E-state index contributed by atoms with van der Waals surface area (Å²) < 4.78 is 0.909. The highest BCUT2D eigenvalue weighted by molar-refractivity contribution is 9.10. The van der Waals surface area contributed by atoms with Crippen molar-refractivity contribution in [1.82, 2.24) is 4.98 Å². The van der Waals surface area contributed by atoms with Gasteiger partial charge in [0.25, 0.3) is 0 Å². The highest BCUT2D eigenvalue weighted by Gasteiger charge is 2.09. The van der Waals surface area contributed by atoms with E-state index in [4.69, 9.17) is 23.2 Å². The molecule has 2 nitrogen and oxygen atoms in total. The molecule has 2 aromatic rings. The van der Waals surface area contributed by atoms with Gasteiger partial charge in [0.15, 0.2) is 0 Å². The third-order valence-corrected chi connectivity index (χ3v) is 3.86. The molecular weight excluding hydrogens is 349 g/mol. The topological polar surface area (TPSA) is 33.1 Å². The number of aromatic nitrogens is 1. The molecule has 19 heavy (non-hydrogen) atoms. The molecule has 0 fully saturated rings. The monoisotopic (exact) mass is 359 g/mol. The third kappa shape index (κ3) is 4.46. The van der Waals surface area contributed by atoms with E-state index in [1.165, 1.54) is 0 Å². The number of hydrogen-bond acceptors (Lipinski definition) is 2. The SMILES string of the molecule is OC(Cc1cncc(Br)c1)Cc1ccc(Cl)c(Cl)c1. The smallest absolute Gasteiger partial charge is 0.0621 e. The summed E-state index contributed by atoms with van der Waals surface area (Å²) in [7, 11) is 0. The van der Waals surface area contributed by atoms with Gasteiger partial charge >= 0.3 is 0 Å². The molecule has 0 aliphatic heterocycles. The third-order valence-electron chi connectivity index (χ3n) is 2.69. The predicted octanol–water partition coefficient (Wildman–Crippen LogP) is 4.30. The van der Waals surface area contributed by atoms with Crippen LogP contribution in [0.4, 0.5) is 0 Å². The molecule has 0 aliphatic rings. The molecule has 1 unspecified atom stereocenters. The Morgan fingerprint density at radius 3 is 2.47 bits per heavy atom. The van der Waals surface area contributed by atoms with E-state index >= 15 is 0 Å². The molecule has 1 atom stereocenters. The lowest BCUT2D eigenvalue weighted by molar-refractivity contribution is 0.175. The average Bonchev–Trinajstić information content (AvgIpc) is 2.34. The largest absolute Gasteiger partial charge is 0.392 e. The van der Waals surface area contributed by atoms with E-state index in [-0.39, 0.29) is 0 Å². The zero-order valence-corrected chi connectivity index (χ0v) is 13.1. The van der Waals surface area contributed by atoms with Crippen LogP contribution in [0.5, 0.6) is 0 Å². The normalized spacial score (nSPS) is 12.4. The van der Waals surface area contributed by atoms with Crippen molar-refractivity contribution in [3.8, 4) is 0 Å². The molecule has 1 N–H and O–H groups in total. The van der Waals surface area contributed by atoms with Gasteiger partial charge in [0.2, 0.25) is 0 Å². The lowest BCUT2D eigenvalue weighted by Crippen LogP contribution is -2.14. The van der Waals surface area contributed by atoms with Crippen molar-refractivity contribution >= 4 is 39.1 Å². The summed E-state index contributed by atoms with van der Waals surface area (Å²) in [6.07, 6.45) is 4.07. The van der Waals surface area contributed by atoms with Crippen LogP contribution in [0.1, 0.15) is 11.1 Å². The summed E-state index contributed by atoms with van der Waals surface area (Å²) in [5.41, 5.74) is 1.95. The second-order valence-electron chi connectivity index (χ2n) is 4.32. The van der Waals surface area contributed by atoms with Gasteiger partial charge < -0.3 is 5.11 Å². The number of aliphatic hydroxyl groups is 1. The maximum atomic E-state index is 10.1. The van der Waals surface area contributed by atoms with Gasteiger partial charge in [-0.2, -0.15) is 0 Å². The van der Waals surface area contributed by atoms with Crippen LogP contribution in [0, 0.1) is 0 Å². The van der Waals surface area contributed by atoms with Crippen LogP contribution in [0.3, 0.4) is 0 Å². The maximum Gasteiger partial charge on any atom is 0.0621 e. The Kier molecular flexibility index (Phi) is 5.22. The first-order chi connectivity index (χ1) is 9.04. The van der Waals surface area contributed by atoms with Gasteiger partial charge in [-0.1, -0.05) is 29.3 Å². The minimum Gasteiger partial charge on any atom is -0.392 e. The summed E-state index contributed by atoms with van der Waals surface area (Å²) in [5.74, 6) is 0. The van der Waals surface area contributed by atoms with Crippen molar-refractivity contribution in [1.29, 1.82) is 0 Å². The van der Waals surface area contributed by atoms with Crippen LogP contribution in [0.25, 0.3) is 0 Å². The molecule has 1 aromatic carbocycles. The van der Waals surface area contributed by atoms with E-state index in [0.717, 1.165) is 15.6 Å². The fourth-order valence-corrected chi connectivity index (χ4v) is 2.58. The number of nitrogens with zero attached hydrogens (tertiary/aromatic N) is 1. The summed E-state index contributed by atoms with van der Waals surface area (Å²) >= 11 is 15.2. The number of benzene rings is 1. The van der Waals surface area contributed by atoms with Gasteiger partial charge in [-0.25, -0.2) is 0 Å². The van der Waals surface area contributed by atoms with Crippen LogP contribution >= 0.6 is 39.1 Å². The van der Waals surface area contributed by atoms with Crippen LogP contribution in [0.2, 0.25) is 10.0 Å². The standard InChI is InChI=1S/C14H12BrCl2NO/c15-11-3-10(7-18-8-11)5-12(19)4-9-1-2-13(16)14(17)6-9/h1-3,6-8,12,19H,4-5H2. The zero-order valence-electron chi connectivity index (χ0n) is 9.98. The number of rotatable bonds is 4. The van der Waals surface area contributed by atoms with Crippen molar-refractivity contribution in [2.24, 2.45) is 0 Å². The first-order valence-corrected chi connectivity index (χ1v) is 7.31. The summed E-state index contributed by atoms with van der Waals surface area (Å²) in [6.45, 7) is 0. The van der Waals surface area contributed by atoms with Crippen molar-refractivity contribution in [2.75, 3.05) is 0 Å². The second-order valence-corrected chi connectivity index (χ2v) is 6.05. The minimum atomic E-state index is -0.478. The van der Waals surface area contributed by atoms with Gasteiger partial charge in [0, 0.05) is 23.3 Å². The number of hydrogen-bond donors (Lipinski definition) is 1. The van der Waals surface area contributed by atoms with Crippen molar-refractivity contribution in [2.45, 2.75) is 18.9 Å². The minimum absolute atomic E-state index is 0.478. The Hall–Kier alpha value is -0.610. The summed E-state index contributed by atoms with van der Waals surface area (Å²) in [4.78, 5) is 4.07. The van der Waals surface area contributed by atoms with Gasteiger partial charge in [-0.3, -0.25) is 4.98 Å². The number of aliphatic hydroxyl groups excluding tert-OH is 1. The van der Waals surface area contributed by atoms with Gasteiger partial charge in [0.05, 0.1) is 16.1 Å². The molecule has 0 saturated heterocycles. The highest BCUT2D eigenvalue weighted by Crippen LogP contribution is 2.23. The first-order valence-electron chi connectivity index (χ1n) is 5.76. The van der Waals surface area contributed by atoms with Crippen LogP contribution in [-0.2, 0) is 12.8 Å². The van der Waals surface area contributed by atoms with E-state index in [9.17, 15) is 5.11 Å². The molecule has 0 radical (unpaired) electrons. The molecule has 1 heterocycles. The van der Waals surface area contributed by atoms with E-state index in [0.29, 0.717) is 22.9 Å². The van der Waals surface area contributed by atoms with Crippen molar-refractivity contribution in [3.05, 3.63) is 62.3 Å². The molecule has 0 amide bonds. The number of halogens is 3. The molecule has 1 aromatic heterocycles. The zero-order chi connectivity index (χ0) is 13.8. The average molecular weight is 361 g/mol. The van der Waals surface area contributed by atoms with Crippen LogP contribution in [-0.4, -0.2) is 16.2 Å². The summed E-state index contributed by atoms with van der Waals surface area (Å²) in [6, 6.07) is 7.35. The van der Waals surface area contributed by atoms with E-state index in [1.54, 1.807) is 24.5 Å². The molecule has 2 rings (SSSR count). The Morgan fingerprint density at radius 1 is 1.05 bits per heavy atom. The molecule has 5 heteroatoms. The fourth-order valence-electron chi connectivity index (χ4n) is 1.85. The lowest BCUT2D eigenvalue weighted by Gasteiger charge is -2.11. The maximum absolute atomic E-state index is 10.1. The highest BCUT2D eigenvalue weighted by atomic mass is 79.9. The molecule has 100 valence electrons. The van der Waals surface area contributed by atoms with Crippen molar-refractivity contribution < 1.29 is 5.11 Å². The van der Waals surface area contributed by atoms with Crippen molar-refractivity contribution in [3.63, 3.8) is 0 Å². The van der Waals surface area contributed by atoms with Gasteiger partial charge in [0.1, 0.15) is 0 Å². The van der Waals surface area contributed by atoms with E-state index in [1.807, 2.05) is 12.1 Å². The quantitative estimate of drug-likeness (QED) is 0.881. The Balaban J connectivity index is 2.01. The van der Waals surface area contributed by atoms with E-state index in [2.05, 4.69) is 20.9 Å². The molecule has 0 saturated carbocycles. The summed E-state index contributed by atoms with van der Waals surface area (Å²) in [5, 5.41) is 11.1. The molecular formula is C14H12BrCl2NO. The van der Waals surface area contributed by atoms with Gasteiger partial charge in [-0.05, 0) is 51.7 Å². The van der Waals surface area contributed by atoms with Crippen LogP contribution in [0.15, 0.2) is 41.1 Å². The molecule has 0 spiro atoms. The number of pyridine rings is 1.